The number of fused-ring (bicyclic) bond motifs is 1. The molecular weight excluding hydrogens is 559 g/mol. The summed E-state index contributed by atoms with van der Waals surface area (Å²) < 4.78 is 27.2. The Labute approximate surface area is 252 Å². The van der Waals surface area contributed by atoms with E-state index in [1.165, 1.54) is 0 Å². The molecule has 4 atom stereocenters. The van der Waals surface area contributed by atoms with Crippen molar-refractivity contribution in [3.8, 4) is 23.0 Å². The summed E-state index contributed by atoms with van der Waals surface area (Å²) in [5.41, 5.74) is 1.49. The Balaban J connectivity index is 1.56. The van der Waals surface area contributed by atoms with Crippen LogP contribution in [0.15, 0.2) is 22.7 Å². The number of hydrogen-bond donors (Lipinski definition) is 1. The van der Waals surface area contributed by atoms with Crippen LogP contribution in [0.5, 0.6) is 5.75 Å². The molecule has 2 aliphatic heterocycles. The maximum Gasteiger partial charge on any atom is 0.287 e. The van der Waals surface area contributed by atoms with Gasteiger partial charge in [-0.15, -0.1) is 0 Å². The van der Waals surface area contributed by atoms with Gasteiger partial charge in [0.2, 0.25) is 5.82 Å². The molecule has 3 aromatic rings. The zero-order valence-electron chi connectivity index (χ0n) is 25.7. The molecule has 9 nitrogen and oxygen atoms in total. The number of aryl methyl sites for hydroxylation is 2. The predicted octanol–water partition coefficient (Wildman–Crippen LogP) is 5.03. The first-order chi connectivity index (χ1) is 19.8. The second-order valence-corrected chi connectivity index (χ2v) is 13.1. The maximum atomic E-state index is 13.9. The van der Waals surface area contributed by atoms with Crippen LogP contribution < -0.4 is 14.2 Å². The lowest BCUT2D eigenvalue weighted by molar-refractivity contribution is -0.618. The van der Waals surface area contributed by atoms with E-state index in [2.05, 4.69) is 28.8 Å². The second-order valence-electron chi connectivity index (χ2n) is 12.7. The minimum absolute atomic E-state index is 0.0273. The zero-order valence-corrected chi connectivity index (χ0v) is 26.5. The van der Waals surface area contributed by atoms with Crippen LogP contribution in [-0.2, 0) is 0 Å². The normalized spacial score (nSPS) is 23.8. The summed E-state index contributed by atoms with van der Waals surface area (Å²) in [5, 5.41) is 14.8. The van der Waals surface area contributed by atoms with Crippen molar-refractivity contribution in [1.82, 2.24) is 20.0 Å². The molecule has 2 saturated heterocycles. The van der Waals surface area contributed by atoms with E-state index >= 15 is 0 Å². The Bertz CT molecular complexity index is 1410. The van der Waals surface area contributed by atoms with E-state index in [4.69, 9.17) is 30.8 Å². The largest absolute Gasteiger partial charge is 0.491 e. The fourth-order valence-electron chi connectivity index (χ4n) is 6.70. The smallest absolute Gasteiger partial charge is 0.287 e. The number of hydrogen-bond acceptors (Lipinski definition) is 8. The molecule has 4 heterocycles. The van der Waals surface area contributed by atoms with Crippen molar-refractivity contribution in [2.75, 3.05) is 44.2 Å². The molecule has 228 valence electrons. The molecule has 2 aromatic heterocycles. The lowest BCUT2D eigenvalue weighted by Crippen LogP contribution is -2.39. The third-order valence-corrected chi connectivity index (χ3v) is 9.32. The van der Waals surface area contributed by atoms with Crippen molar-refractivity contribution >= 4 is 17.4 Å². The van der Waals surface area contributed by atoms with Gasteiger partial charge in [0.05, 0.1) is 27.4 Å². The highest BCUT2D eigenvalue weighted by molar-refractivity contribution is 6.33. The number of benzene rings is 1. The number of halogens is 2. The lowest BCUT2D eigenvalue weighted by Gasteiger charge is -2.30. The van der Waals surface area contributed by atoms with Gasteiger partial charge in [0.25, 0.3) is 17.5 Å². The van der Waals surface area contributed by atoms with Gasteiger partial charge in [0, 0.05) is 57.4 Å². The first-order valence-electron chi connectivity index (χ1n) is 14.8. The third kappa shape index (κ3) is 5.73. The summed E-state index contributed by atoms with van der Waals surface area (Å²) in [6.07, 6.45) is 0.148. The van der Waals surface area contributed by atoms with Gasteiger partial charge in [-0.25, -0.2) is 4.39 Å². The number of aliphatic hydroxyl groups is 1. The summed E-state index contributed by atoms with van der Waals surface area (Å²) in [6, 6.07) is 5.39. The van der Waals surface area contributed by atoms with E-state index in [1.807, 2.05) is 38.3 Å². The molecular formula is C31H43ClFN6O3+. The zero-order chi connectivity index (χ0) is 30.4. The minimum Gasteiger partial charge on any atom is -0.491 e. The highest BCUT2D eigenvalue weighted by Crippen LogP contribution is 2.52. The molecule has 2 aliphatic rings. The fourth-order valence-corrected chi connectivity index (χ4v) is 6.90. The number of likely N-dealkylation sites (tertiary alicyclic amines) is 1. The Hall–Kier alpha value is -2.82. The molecule has 0 amide bonds. The van der Waals surface area contributed by atoms with Crippen molar-refractivity contribution in [1.29, 1.82) is 0 Å². The highest BCUT2D eigenvalue weighted by atomic mass is 35.5. The topological polar surface area (TPSA) is 91.6 Å². The average Bonchev–Trinajstić information content (AvgIpc) is 3.46. The van der Waals surface area contributed by atoms with Crippen LogP contribution in [0.1, 0.15) is 57.8 Å². The lowest BCUT2D eigenvalue weighted by atomic mass is 9.71. The molecule has 1 N–H and O–H groups in total. The third-order valence-electron chi connectivity index (χ3n) is 8.99. The number of aliphatic hydroxyl groups excluding tert-OH is 1. The number of ether oxygens (including phenoxy) is 1. The number of aromatic nitrogens is 4. The van der Waals surface area contributed by atoms with E-state index in [9.17, 15) is 9.50 Å². The van der Waals surface area contributed by atoms with Crippen LogP contribution in [0, 0.1) is 31.6 Å². The molecule has 0 spiro atoms. The highest BCUT2D eigenvalue weighted by Gasteiger charge is 2.58. The standard InChI is InChI=1S/C31H43ClFN6O3/c1-8-9-23(40)14-41-24-10-11-26(32)25(12-24)27-34-28(20(3)29(35-27)39-21(4)36-42-22(39)5)38-17-30(6)15-37(13-19(2)33)16-31(30,7)18-38/h10-12,19,23,40H,8-9,13-18H2,1-7H3/q+1/t19?,23-,30-,31+/m1/s1. The summed E-state index contributed by atoms with van der Waals surface area (Å²) in [5.74, 6) is 3.82. The van der Waals surface area contributed by atoms with Gasteiger partial charge in [0.1, 0.15) is 24.3 Å². The van der Waals surface area contributed by atoms with Crippen LogP contribution in [0.4, 0.5) is 10.2 Å². The van der Waals surface area contributed by atoms with Crippen LogP contribution >= 0.6 is 11.6 Å². The molecule has 1 aromatic carbocycles. The Morgan fingerprint density at radius 1 is 1.14 bits per heavy atom. The van der Waals surface area contributed by atoms with Crippen molar-refractivity contribution in [2.45, 2.75) is 73.6 Å². The van der Waals surface area contributed by atoms with Crippen LogP contribution in [0.2, 0.25) is 5.02 Å². The van der Waals surface area contributed by atoms with Gasteiger partial charge >= 0.3 is 0 Å². The van der Waals surface area contributed by atoms with Crippen molar-refractivity contribution in [3.63, 3.8) is 0 Å². The molecule has 0 radical (unpaired) electrons. The quantitative estimate of drug-likeness (QED) is 0.324. The number of rotatable bonds is 10. The number of anilines is 1. The van der Waals surface area contributed by atoms with E-state index in [0.29, 0.717) is 52.7 Å². The number of nitrogens with zero attached hydrogens (tertiary/aromatic N) is 6. The molecule has 42 heavy (non-hydrogen) atoms. The second kappa shape index (κ2) is 11.7. The van der Waals surface area contributed by atoms with Gasteiger partial charge in [-0.05, 0) is 38.5 Å². The van der Waals surface area contributed by atoms with Gasteiger partial charge in [-0.2, -0.15) is 9.55 Å². The average molecular weight is 602 g/mol. The molecule has 11 heteroatoms. The summed E-state index contributed by atoms with van der Waals surface area (Å²) >= 11 is 6.74. The monoisotopic (exact) mass is 601 g/mol. The summed E-state index contributed by atoms with van der Waals surface area (Å²) in [7, 11) is 0. The Morgan fingerprint density at radius 2 is 1.83 bits per heavy atom. The summed E-state index contributed by atoms with van der Waals surface area (Å²) in [4.78, 5) is 14.7. The van der Waals surface area contributed by atoms with Crippen molar-refractivity contribution in [2.24, 2.45) is 10.8 Å². The maximum absolute atomic E-state index is 13.9. The van der Waals surface area contributed by atoms with Crippen LogP contribution in [0.3, 0.4) is 0 Å². The Morgan fingerprint density at radius 3 is 2.43 bits per heavy atom. The summed E-state index contributed by atoms with van der Waals surface area (Å²) in [6.45, 7) is 17.9. The van der Waals surface area contributed by atoms with E-state index in [-0.39, 0.29) is 17.4 Å². The van der Waals surface area contributed by atoms with Gasteiger partial charge in [-0.3, -0.25) is 9.42 Å². The Kier molecular flexibility index (Phi) is 8.53. The van der Waals surface area contributed by atoms with E-state index < -0.39 is 12.3 Å². The molecule has 1 unspecified atom stereocenters. The van der Waals surface area contributed by atoms with Crippen molar-refractivity contribution in [3.05, 3.63) is 40.5 Å². The van der Waals surface area contributed by atoms with Crippen LogP contribution in [0.25, 0.3) is 17.2 Å². The number of alkyl halides is 1. The predicted molar refractivity (Wildman–Crippen MR) is 160 cm³/mol. The molecule has 5 rings (SSSR count). The van der Waals surface area contributed by atoms with E-state index in [1.54, 1.807) is 19.1 Å². The first-order valence-corrected chi connectivity index (χ1v) is 15.2. The molecule has 0 saturated carbocycles. The SMILES string of the molecule is CCC[C@@H](O)COc1ccc(Cl)c(-c2nc(N3C[C@]4(C)CN(CC(C)F)C[C@]4(C)C3)c(C)c(-[n+]3c(C)noc3C)n2)c1. The van der Waals surface area contributed by atoms with Crippen LogP contribution in [-0.4, -0.2) is 76.7 Å². The molecule has 2 fully saturated rings. The van der Waals surface area contributed by atoms with Crippen molar-refractivity contribution < 1.29 is 23.3 Å². The van der Waals surface area contributed by atoms with E-state index in [0.717, 1.165) is 44.0 Å². The van der Waals surface area contributed by atoms with Gasteiger partial charge in [0.15, 0.2) is 0 Å². The fraction of sp³-hybridized carbons (Fsp3) is 0.613. The molecule has 0 aliphatic carbocycles. The minimum atomic E-state index is -0.854. The molecule has 0 bridgehead atoms. The van der Waals surface area contributed by atoms with Gasteiger partial charge in [-0.1, -0.05) is 43.8 Å². The first kappa shape index (κ1) is 30.6. The van der Waals surface area contributed by atoms with Gasteiger partial charge < -0.3 is 14.7 Å².